The van der Waals surface area contributed by atoms with Gasteiger partial charge in [0.25, 0.3) is 0 Å². The van der Waals surface area contributed by atoms with E-state index >= 15 is 0 Å². The minimum atomic E-state index is 0.338. The molecule has 4 N–H and O–H groups in total. The Morgan fingerprint density at radius 2 is 2.46 bits per heavy atom. The first-order valence-corrected chi connectivity index (χ1v) is 3.57. The molecule has 1 aliphatic rings. The van der Waals surface area contributed by atoms with Crippen LogP contribution in [0.15, 0.2) is 21.5 Å². The molecule has 0 spiro atoms. The quantitative estimate of drug-likeness (QED) is 0.384. The molecule has 1 aromatic rings. The van der Waals surface area contributed by atoms with Crippen LogP contribution in [0.25, 0.3) is 0 Å². The fraction of sp³-hybridized carbons (Fsp3) is 0.167. The molecule has 0 bridgehead atoms. The lowest BCUT2D eigenvalue weighted by Crippen LogP contribution is -2.23. The summed E-state index contributed by atoms with van der Waals surface area (Å²) in [6, 6.07) is 0. The Labute approximate surface area is 72.8 Å². The number of hydrogen-bond acceptors (Lipinski definition) is 7. The van der Waals surface area contributed by atoms with Crippen molar-refractivity contribution in [3.05, 3.63) is 23.2 Å². The molecule has 0 unspecified atom stereocenters. The van der Waals surface area contributed by atoms with Crippen molar-refractivity contribution in [1.82, 2.24) is 15.8 Å². The smallest absolute Gasteiger partial charge is 0.160 e. The average molecular weight is 181 g/mol. The van der Waals surface area contributed by atoms with Gasteiger partial charge < -0.3 is 5.84 Å². The van der Waals surface area contributed by atoms with Crippen molar-refractivity contribution in [2.24, 2.45) is 10.9 Å². The van der Waals surface area contributed by atoms with E-state index in [1.54, 1.807) is 6.08 Å². The van der Waals surface area contributed by atoms with Gasteiger partial charge in [0.2, 0.25) is 0 Å². The molecule has 0 aromatic carbocycles. The highest BCUT2D eigenvalue weighted by molar-refractivity contribution is 6.12. The normalized spacial score (nSPS) is 18.2. The van der Waals surface area contributed by atoms with Gasteiger partial charge in [-0.25, -0.2) is 4.63 Å². The van der Waals surface area contributed by atoms with Crippen molar-refractivity contribution in [3.63, 3.8) is 0 Å². The van der Waals surface area contributed by atoms with E-state index in [0.29, 0.717) is 29.2 Å². The second kappa shape index (κ2) is 2.87. The number of nitrogens with two attached hydrogens (primary N) is 1. The molecule has 7 heteroatoms. The van der Waals surface area contributed by atoms with Gasteiger partial charge in [-0.05, 0) is 5.16 Å². The summed E-state index contributed by atoms with van der Waals surface area (Å²) in [4.78, 5) is 0. The summed E-state index contributed by atoms with van der Waals surface area (Å²) in [5, 5.41) is 19.5. The van der Waals surface area contributed by atoms with Gasteiger partial charge in [-0.1, -0.05) is 11.2 Å². The Kier molecular flexibility index (Phi) is 1.71. The molecule has 2 rings (SSSR count). The minimum Gasteiger partial charge on any atom is -0.323 e. The van der Waals surface area contributed by atoms with E-state index < -0.39 is 0 Å². The molecule has 1 aliphatic carbocycles. The maximum Gasteiger partial charge on any atom is 0.160 e. The van der Waals surface area contributed by atoms with Crippen LogP contribution in [0.2, 0.25) is 0 Å². The van der Waals surface area contributed by atoms with Gasteiger partial charge in [-0.15, -0.1) is 0 Å². The van der Waals surface area contributed by atoms with Gasteiger partial charge in [-0.3, -0.25) is 10.7 Å². The summed E-state index contributed by atoms with van der Waals surface area (Å²) in [5.74, 6) is 5.13. The van der Waals surface area contributed by atoms with Crippen LogP contribution in [0, 0.1) is 0 Å². The Balaban J connectivity index is 2.49. The van der Waals surface area contributed by atoms with Crippen LogP contribution in [0.3, 0.4) is 0 Å². The second-order valence-electron chi connectivity index (χ2n) is 2.47. The van der Waals surface area contributed by atoms with Crippen LogP contribution in [-0.2, 0) is 6.42 Å². The van der Waals surface area contributed by atoms with Crippen LogP contribution < -0.4 is 11.3 Å². The number of hydrogen-bond donors (Lipinski definition) is 3. The van der Waals surface area contributed by atoms with Crippen molar-refractivity contribution in [3.8, 4) is 0 Å². The van der Waals surface area contributed by atoms with E-state index in [9.17, 15) is 0 Å². The lowest BCUT2D eigenvalue weighted by atomic mass is 10.0. The molecule has 0 aliphatic heterocycles. The number of nitrogens with zero attached hydrogens (tertiary/aromatic N) is 3. The van der Waals surface area contributed by atoms with Gasteiger partial charge in [0.05, 0.1) is 5.70 Å². The van der Waals surface area contributed by atoms with E-state index in [4.69, 9.17) is 11.0 Å². The van der Waals surface area contributed by atoms with Gasteiger partial charge in [0, 0.05) is 6.42 Å². The van der Waals surface area contributed by atoms with E-state index in [2.05, 4.69) is 20.0 Å². The Bertz CT molecular complexity index is 380. The van der Waals surface area contributed by atoms with Gasteiger partial charge in [-0.2, -0.15) is 5.10 Å². The molecule has 0 amide bonds. The summed E-state index contributed by atoms with van der Waals surface area (Å²) >= 11 is 0. The molecular formula is C6H7N5O2. The molecule has 1 heterocycles. The van der Waals surface area contributed by atoms with Crippen molar-refractivity contribution in [1.29, 1.82) is 0 Å². The molecule has 1 aromatic heterocycles. The third-order valence-electron chi connectivity index (χ3n) is 1.78. The van der Waals surface area contributed by atoms with Crippen molar-refractivity contribution >= 4 is 5.71 Å². The van der Waals surface area contributed by atoms with Crippen LogP contribution >= 0.6 is 0 Å². The molecule has 0 fully saturated rings. The molecular weight excluding hydrogens is 174 g/mol. The van der Waals surface area contributed by atoms with E-state index in [1.807, 2.05) is 5.48 Å². The molecule has 68 valence electrons. The highest BCUT2D eigenvalue weighted by Gasteiger charge is 2.23. The highest BCUT2D eigenvalue weighted by Crippen LogP contribution is 2.15. The summed E-state index contributed by atoms with van der Waals surface area (Å²) in [5.41, 5.74) is 3.84. The standard InChI is InChI=1S/C6H7N5O2/c7-8-5-3(9-12)1-2-4-6(5)11-13-10-4/h1,9,12H,2,7H2/b8-5+. The third-order valence-corrected chi connectivity index (χ3v) is 1.78. The predicted molar refractivity (Wildman–Crippen MR) is 41.7 cm³/mol. The SMILES string of the molecule is N/N=C1\C(NO)=CCc2nonc21. The zero-order chi connectivity index (χ0) is 9.26. The van der Waals surface area contributed by atoms with Crippen molar-refractivity contribution < 1.29 is 9.84 Å². The number of fused-ring (bicyclic) bond motifs is 1. The highest BCUT2D eigenvalue weighted by atomic mass is 16.6. The molecule has 13 heavy (non-hydrogen) atoms. The first-order valence-electron chi connectivity index (χ1n) is 3.57. The summed E-state index contributed by atoms with van der Waals surface area (Å²) in [7, 11) is 0. The maximum absolute atomic E-state index is 8.72. The third kappa shape index (κ3) is 1.05. The zero-order valence-corrected chi connectivity index (χ0v) is 6.56. The monoisotopic (exact) mass is 181 g/mol. The van der Waals surface area contributed by atoms with Crippen LogP contribution in [0.1, 0.15) is 11.4 Å². The number of aromatic nitrogens is 2. The number of allylic oxidation sites excluding steroid dienone is 2. The van der Waals surface area contributed by atoms with Crippen molar-refractivity contribution in [2.45, 2.75) is 6.42 Å². The maximum atomic E-state index is 8.72. The van der Waals surface area contributed by atoms with E-state index in [-0.39, 0.29) is 0 Å². The second-order valence-corrected chi connectivity index (χ2v) is 2.47. The molecule has 0 saturated heterocycles. The number of nitrogens with one attached hydrogen (secondary N) is 1. The molecule has 0 atom stereocenters. The van der Waals surface area contributed by atoms with Crippen LogP contribution in [0.4, 0.5) is 0 Å². The van der Waals surface area contributed by atoms with Crippen LogP contribution in [-0.4, -0.2) is 21.2 Å². The fourth-order valence-electron chi connectivity index (χ4n) is 1.17. The lowest BCUT2D eigenvalue weighted by Gasteiger charge is -2.10. The Morgan fingerprint density at radius 3 is 3.15 bits per heavy atom. The predicted octanol–water partition coefficient (Wildman–Crippen LogP) is -0.849. The fourth-order valence-corrected chi connectivity index (χ4v) is 1.17. The number of hydrazone groups is 1. The molecule has 0 saturated carbocycles. The molecule has 0 radical (unpaired) electrons. The topological polar surface area (TPSA) is 110 Å². The summed E-state index contributed by atoms with van der Waals surface area (Å²) in [6.07, 6.45) is 2.22. The van der Waals surface area contributed by atoms with E-state index in [0.717, 1.165) is 0 Å². The first kappa shape index (κ1) is 7.74. The van der Waals surface area contributed by atoms with Gasteiger partial charge in [0.15, 0.2) is 5.69 Å². The van der Waals surface area contributed by atoms with Gasteiger partial charge >= 0.3 is 0 Å². The molecule has 7 nitrogen and oxygen atoms in total. The first-order chi connectivity index (χ1) is 6.36. The Morgan fingerprint density at radius 1 is 1.62 bits per heavy atom. The number of hydroxylamine groups is 1. The zero-order valence-electron chi connectivity index (χ0n) is 6.56. The Hall–Kier alpha value is -1.89. The minimum absolute atomic E-state index is 0.338. The van der Waals surface area contributed by atoms with Crippen LogP contribution in [0.5, 0.6) is 0 Å². The summed E-state index contributed by atoms with van der Waals surface area (Å²) in [6.45, 7) is 0. The summed E-state index contributed by atoms with van der Waals surface area (Å²) < 4.78 is 4.51. The average Bonchev–Trinajstić information content (AvgIpc) is 2.63. The van der Waals surface area contributed by atoms with E-state index in [1.165, 1.54) is 0 Å². The lowest BCUT2D eigenvalue weighted by molar-refractivity contribution is 0.207. The van der Waals surface area contributed by atoms with Crippen molar-refractivity contribution in [2.75, 3.05) is 0 Å². The van der Waals surface area contributed by atoms with Gasteiger partial charge in [0.1, 0.15) is 11.4 Å². The largest absolute Gasteiger partial charge is 0.323 e. The number of rotatable bonds is 1.